The Kier molecular flexibility index (Phi) is 2.66. The molecule has 0 spiro atoms. The predicted molar refractivity (Wildman–Crippen MR) is 63.5 cm³/mol. The van der Waals surface area contributed by atoms with Crippen LogP contribution >= 0.6 is 0 Å². The molecule has 0 aliphatic carbocycles. The molecular weight excluding hydrogens is 234 g/mol. The molecule has 2 unspecified atom stereocenters. The third kappa shape index (κ3) is 1.82. The Labute approximate surface area is 104 Å². The van der Waals surface area contributed by atoms with Crippen molar-refractivity contribution in [3.05, 3.63) is 17.8 Å². The van der Waals surface area contributed by atoms with Gasteiger partial charge in [-0.3, -0.25) is 0 Å². The monoisotopic (exact) mass is 249 g/mol. The minimum atomic E-state index is -1.06. The lowest BCUT2D eigenvalue weighted by Crippen LogP contribution is -2.45. The molecule has 96 valence electrons. The summed E-state index contributed by atoms with van der Waals surface area (Å²) in [6.45, 7) is 0. The van der Waals surface area contributed by atoms with E-state index >= 15 is 0 Å². The molecule has 1 aromatic rings. The molecule has 1 aromatic heterocycles. The van der Waals surface area contributed by atoms with Gasteiger partial charge in [0.05, 0.1) is 6.10 Å². The van der Waals surface area contributed by atoms with Crippen molar-refractivity contribution in [3.8, 4) is 0 Å². The maximum absolute atomic E-state index is 10.7. The first-order valence-electron chi connectivity index (χ1n) is 6.18. The first-order valence-corrected chi connectivity index (χ1v) is 6.18. The van der Waals surface area contributed by atoms with Gasteiger partial charge in [-0.2, -0.15) is 0 Å². The number of hydrogen-bond donors (Lipinski definition) is 2. The number of hydrogen-bond acceptors (Lipinski definition) is 5. The van der Waals surface area contributed by atoms with E-state index in [1.165, 1.54) is 6.07 Å². The number of aromatic carboxylic acids is 1. The second kappa shape index (κ2) is 4.20. The summed E-state index contributed by atoms with van der Waals surface area (Å²) in [4.78, 5) is 12.9. The number of fused-ring (bicyclic) bond motifs is 2. The Bertz CT molecular complexity index is 448. The fourth-order valence-electron chi connectivity index (χ4n) is 3.10. The molecule has 6 heteroatoms. The van der Waals surface area contributed by atoms with Gasteiger partial charge in [-0.1, -0.05) is 0 Å². The summed E-state index contributed by atoms with van der Waals surface area (Å²) in [7, 11) is 0. The van der Waals surface area contributed by atoms with Crippen molar-refractivity contribution >= 4 is 11.8 Å². The van der Waals surface area contributed by atoms with Crippen molar-refractivity contribution in [2.75, 3.05) is 4.90 Å². The SMILES string of the molecule is O=C(O)c1ccc(N2C3CCC2CC(O)C3)nn1. The molecular formula is C12H15N3O3. The highest BCUT2D eigenvalue weighted by Gasteiger charge is 2.40. The molecule has 2 saturated heterocycles. The zero-order chi connectivity index (χ0) is 12.7. The van der Waals surface area contributed by atoms with E-state index in [1.807, 2.05) is 0 Å². The summed E-state index contributed by atoms with van der Waals surface area (Å²) in [6.07, 6.45) is 3.43. The van der Waals surface area contributed by atoms with Crippen LogP contribution in [0.5, 0.6) is 0 Å². The quantitative estimate of drug-likeness (QED) is 0.801. The van der Waals surface area contributed by atoms with Gasteiger partial charge in [-0.25, -0.2) is 4.79 Å². The van der Waals surface area contributed by atoms with Crippen molar-refractivity contribution in [1.29, 1.82) is 0 Å². The first-order chi connectivity index (χ1) is 8.65. The van der Waals surface area contributed by atoms with E-state index in [9.17, 15) is 9.90 Å². The highest BCUT2D eigenvalue weighted by Crippen LogP contribution is 2.38. The van der Waals surface area contributed by atoms with Gasteiger partial charge in [-0.05, 0) is 37.8 Å². The van der Waals surface area contributed by atoms with Gasteiger partial charge in [0.2, 0.25) is 0 Å². The summed E-state index contributed by atoms with van der Waals surface area (Å²) in [5, 5.41) is 26.2. The Balaban J connectivity index is 1.85. The molecule has 2 atom stereocenters. The number of piperidine rings is 1. The van der Waals surface area contributed by atoms with Gasteiger partial charge in [0.1, 0.15) is 0 Å². The number of aromatic nitrogens is 2. The molecule has 0 radical (unpaired) electrons. The molecule has 0 saturated carbocycles. The number of carbonyl (C=O) groups is 1. The second-order valence-electron chi connectivity index (χ2n) is 5.00. The van der Waals surface area contributed by atoms with Crippen LogP contribution in [0, 0.1) is 0 Å². The van der Waals surface area contributed by atoms with Crippen LogP contribution < -0.4 is 4.90 Å². The zero-order valence-electron chi connectivity index (χ0n) is 9.86. The Hall–Kier alpha value is -1.69. The van der Waals surface area contributed by atoms with Crippen LogP contribution in [0.15, 0.2) is 12.1 Å². The lowest BCUT2D eigenvalue weighted by molar-refractivity contribution is 0.0689. The maximum atomic E-state index is 10.7. The van der Waals surface area contributed by atoms with Crippen LogP contribution in [0.25, 0.3) is 0 Å². The summed E-state index contributed by atoms with van der Waals surface area (Å²) >= 11 is 0. The molecule has 3 rings (SSSR count). The molecule has 2 aliphatic heterocycles. The summed E-state index contributed by atoms with van der Waals surface area (Å²) in [5.74, 6) is -0.342. The normalized spacial score (nSPS) is 30.5. The molecule has 2 N–H and O–H groups in total. The largest absolute Gasteiger partial charge is 0.476 e. The van der Waals surface area contributed by atoms with Crippen molar-refractivity contribution in [2.45, 2.75) is 43.9 Å². The van der Waals surface area contributed by atoms with Crippen molar-refractivity contribution in [3.63, 3.8) is 0 Å². The lowest BCUT2D eigenvalue weighted by atomic mass is 10.00. The van der Waals surface area contributed by atoms with Gasteiger partial charge < -0.3 is 15.1 Å². The van der Waals surface area contributed by atoms with Crippen molar-refractivity contribution < 1.29 is 15.0 Å². The van der Waals surface area contributed by atoms with Gasteiger partial charge in [0, 0.05) is 12.1 Å². The average Bonchev–Trinajstić information content (AvgIpc) is 2.62. The number of aliphatic hydroxyl groups excluding tert-OH is 1. The second-order valence-corrected chi connectivity index (χ2v) is 5.00. The molecule has 2 fully saturated rings. The topological polar surface area (TPSA) is 86.5 Å². The van der Waals surface area contributed by atoms with E-state index in [4.69, 9.17) is 5.11 Å². The van der Waals surface area contributed by atoms with Crippen molar-refractivity contribution in [1.82, 2.24) is 10.2 Å². The number of anilines is 1. The Morgan fingerprint density at radius 1 is 1.22 bits per heavy atom. The van der Waals surface area contributed by atoms with E-state index in [2.05, 4.69) is 15.1 Å². The smallest absolute Gasteiger partial charge is 0.356 e. The first kappa shape index (κ1) is 11.4. The highest BCUT2D eigenvalue weighted by molar-refractivity contribution is 5.85. The van der Waals surface area contributed by atoms with Crippen LogP contribution in [0.4, 0.5) is 5.82 Å². The van der Waals surface area contributed by atoms with E-state index in [0.717, 1.165) is 31.5 Å². The molecule has 2 aliphatic rings. The number of nitrogens with zero attached hydrogens (tertiary/aromatic N) is 3. The fraction of sp³-hybridized carbons (Fsp3) is 0.583. The molecule has 2 bridgehead atoms. The number of carboxylic acids is 1. The molecule has 0 amide bonds. The summed E-state index contributed by atoms with van der Waals surface area (Å²) < 4.78 is 0. The molecule has 6 nitrogen and oxygen atoms in total. The Morgan fingerprint density at radius 3 is 2.39 bits per heavy atom. The summed E-state index contributed by atoms with van der Waals surface area (Å²) in [6, 6.07) is 3.81. The van der Waals surface area contributed by atoms with Crippen LogP contribution in [0.1, 0.15) is 36.2 Å². The van der Waals surface area contributed by atoms with Gasteiger partial charge in [0.25, 0.3) is 0 Å². The van der Waals surface area contributed by atoms with E-state index in [1.54, 1.807) is 6.07 Å². The van der Waals surface area contributed by atoms with Gasteiger partial charge in [-0.15, -0.1) is 10.2 Å². The third-order valence-corrected chi connectivity index (χ3v) is 3.84. The van der Waals surface area contributed by atoms with Gasteiger partial charge in [0.15, 0.2) is 11.5 Å². The number of carboxylic acid groups (broad SMARTS) is 1. The molecule has 3 heterocycles. The van der Waals surface area contributed by atoms with Crippen molar-refractivity contribution in [2.24, 2.45) is 0 Å². The Morgan fingerprint density at radius 2 is 1.89 bits per heavy atom. The van der Waals surface area contributed by atoms with Crippen LogP contribution in [-0.4, -0.2) is 44.6 Å². The highest BCUT2D eigenvalue weighted by atomic mass is 16.4. The maximum Gasteiger partial charge on any atom is 0.356 e. The number of aliphatic hydroxyl groups is 1. The third-order valence-electron chi connectivity index (χ3n) is 3.84. The lowest BCUT2D eigenvalue weighted by Gasteiger charge is -2.37. The minimum Gasteiger partial charge on any atom is -0.476 e. The molecule has 0 aromatic carbocycles. The predicted octanol–water partition coefficient (Wildman–Crippen LogP) is 0.667. The average molecular weight is 249 g/mol. The van der Waals surface area contributed by atoms with E-state index in [0.29, 0.717) is 12.1 Å². The standard InChI is InChI=1S/C12H15N3O3/c16-9-5-7-1-2-8(6-9)15(7)11-4-3-10(12(17)18)13-14-11/h3-4,7-9,16H,1-2,5-6H2,(H,17,18). The van der Waals surface area contributed by atoms with Crippen LogP contribution in [0.2, 0.25) is 0 Å². The van der Waals surface area contributed by atoms with Crippen LogP contribution in [0.3, 0.4) is 0 Å². The van der Waals surface area contributed by atoms with Crippen LogP contribution in [-0.2, 0) is 0 Å². The fourth-order valence-corrected chi connectivity index (χ4v) is 3.10. The molecule has 18 heavy (non-hydrogen) atoms. The number of rotatable bonds is 2. The zero-order valence-corrected chi connectivity index (χ0v) is 9.86. The summed E-state index contributed by atoms with van der Waals surface area (Å²) in [5.41, 5.74) is -0.0388. The van der Waals surface area contributed by atoms with E-state index in [-0.39, 0.29) is 11.8 Å². The van der Waals surface area contributed by atoms with Gasteiger partial charge >= 0.3 is 5.97 Å². The minimum absolute atomic E-state index is 0.0388. The van der Waals surface area contributed by atoms with E-state index < -0.39 is 5.97 Å².